The van der Waals surface area contributed by atoms with Gasteiger partial charge in [-0.05, 0) is 36.4 Å². The zero-order chi connectivity index (χ0) is 18.4. The molecule has 0 radical (unpaired) electrons. The van der Waals surface area contributed by atoms with Crippen molar-refractivity contribution in [3.63, 3.8) is 0 Å². The monoisotopic (exact) mass is 347 g/mol. The van der Waals surface area contributed by atoms with E-state index in [-0.39, 0.29) is 5.69 Å². The lowest BCUT2D eigenvalue weighted by atomic mass is 10.0. The third-order valence-corrected chi connectivity index (χ3v) is 3.79. The highest BCUT2D eigenvalue weighted by molar-refractivity contribution is 6.13. The second-order valence-electron chi connectivity index (χ2n) is 5.47. The van der Waals surface area contributed by atoms with Crippen LogP contribution in [0.15, 0.2) is 84.0 Å². The minimum atomic E-state index is -0.431. The molecule has 0 aliphatic heterocycles. The van der Waals surface area contributed by atoms with Crippen molar-refractivity contribution >= 4 is 17.1 Å². The van der Waals surface area contributed by atoms with Crippen LogP contribution in [0.5, 0.6) is 5.75 Å². The Bertz CT molecular complexity index is 905. The molecule has 6 heteroatoms. The fourth-order valence-corrected chi connectivity index (χ4v) is 2.42. The van der Waals surface area contributed by atoms with Crippen LogP contribution < -0.4 is 10.2 Å². The number of hydrogen-bond acceptors (Lipinski definition) is 5. The SMILES string of the molecule is COc1ccc(/C(=N/Nc2ccc([N+](=O)[O-])cc2)c2ccccc2)cc1. The van der Waals surface area contributed by atoms with Gasteiger partial charge in [-0.15, -0.1) is 0 Å². The van der Waals surface area contributed by atoms with Gasteiger partial charge in [0.25, 0.3) is 5.69 Å². The Kier molecular flexibility index (Phi) is 5.24. The van der Waals surface area contributed by atoms with Crippen LogP contribution in [-0.4, -0.2) is 17.7 Å². The van der Waals surface area contributed by atoms with Gasteiger partial charge in [-0.3, -0.25) is 15.5 Å². The van der Waals surface area contributed by atoms with Crippen molar-refractivity contribution in [2.75, 3.05) is 12.5 Å². The van der Waals surface area contributed by atoms with E-state index in [0.717, 1.165) is 22.6 Å². The van der Waals surface area contributed by atoms with Gasteiger partial charge in [-0.25, -0.2) is 0 Å². The second-order valence-corrected chi connectivity index (χ2v) is 5.47. The Labute approximate surface area is 150 Å². The summed E-state index contributed by atoms with van der Waals surface area (Å²) in [5, 5.41) is 15.3. The van der Waals surface area contributed by atoms with E-state index in [9.17, 15) is 10.1 Å². The number of non-ortho nitro benzene ring substituents is 1. The first-order valence-electron chi connectivity index (χ1n) is 7.95. The fourth-order valence-electron chi connectivity index (χ4n) is 2.42. The Hall–Kier alpha value is -3.67. The minimum Gasteiger partial charge on any atom is -0.497 e. The zero-order valence-corrected chi connectivity index (χ0v) is 14.1. The predicted molar refractivity (Wildman–Crippen MR) is 102 cm³/mol. The predicted octanol–water partition coefficient (Wildman–Crippen LogP) is 4.47. The molecule has 0 aliphatic carbocycles. The zero-order valence-electron chi connectivity index (χ0n) is 14.1. The number of hydrazone groups is 1. The molecule has 3 aromatic carbocycles. The van der Waals surface area contributed by atoms with Gasteiger partial charge >= 0.3 is 0 Å². The van der Waals surface area contributed by atoms with E-state index in [1.54, 1.807) is 19.2 Å². The van der Waals surface area contributed by atoms with Gasteiger partial charge in [0.05, 0.1) is 23.4 Å². The highest BCUT2D eigenvalue weighted by Crippen LogP contribution is 2.18. The van der Waals surface area contributed by atoms with Gasteiger partial charge < -0.3 is 4.74 Å². The topological polar surface area (TPSA) is 76.8 Å². The van der Waals surface area contributed by atoms with E-state index in [1.807, 2.05) is 54.6 Å². The molecule has 1 N–H and O–H groups in total. The number of anilines is 1. The van der Waals surface area contributed by atoms with Crippen molar-refractivity contribution < 1.29 is 9.66 Å². The molecule has 130 valence electrons. The van der Waals surface area contributed by atoms with Crippen LogP contribution in [-0.2, 0) is 0 Å². The van der Waals surface area contributed by atoms with Crippen molar-refractivity contribution in [2.45, 2.75) is 0 Å². The molecule has 0 aromatic heterocycles. The molecule has 0 unspecified atom stereocenters. The van der Waals surface area contributed by atoms with Crippen LogP contribution in [0.25, 0.3) is 0 Å². The van der Waals surface area contributed by atoms with E-state index in [0.29, 0.717) is 5.69 Å². The molecule has 0 saturated carbocycles. The Morgan fingerprint density at radius 2 is 1.54 bits per heavy atom. The minimum absolute atomic E-state index is 0.0398. The number of methoxy groups -OCH3 is 1. The van der Waals surface area contributed by atoms with Gasteiger partial charge in [0.2, 0.25) is 0 Å². The van der Waals surface area contributed by atoms with Crippen LogP contribution in [0.2, 0.25) is 0 Å². The number of nitrogens with one attached hydrogen (secondary N) is 1. The number of benzene rings is 3. The van der Waals surface area contributed by atoms with Crippen molar-refractivity contribution in [1.82, 2.24) is 0 Å². The smallest absolute Gasteiger partial charge is 0.269 e. The summed E-state index contributed by atoms with van der Waals surface area (Å²) in [5.41, 5.74) is 6.30. The van der Waals surface area contributed by atoms with E-state index in [4.69, 9.17) is 4.74 Å². The number of nitro benzene ring substituents is 1. The number of hydrogen-bond donors (Lipinski definition) is 1. The van der Waals surface area contributed by atoms with Crippen molar-refractivity contribution in [1.29, 1.82) is 0 Å². The lowest BCUT2D eigenvalue weighted by Gasteiger charge is -2.09. The lowest BCUT2D eigenvalue weighted by molar-refractivity contribution is -0.384. The van der Waals surface area contributed by atoms with Gasteiger partial charge in [0, 0.05) is 23.3 Å². The molecule has 0 amide bonds. The summed E-state index contributed by atoms with van der Waals surface area (Å²) in [6.45, 7) is 0. The molecule has 26 heavy (non-hydrogen) atoms. The summed E-state index contributed by atoms with van der Waals surface area (Å²) in [6.07, 6.45) is 0. The maximum Gasteiger partial charge on any atom is 0.269 e. The maximum atomic E-state index is 10.7. The van der Waals surface area contributed by atoms with Crippen LogP contribution in [0.4, 0.5) is 11.4 Å². The van der Waals surface area contributed by atoms with Crippen molar-refractivity contribution in [2.24, 2.45) is 5.10 Å². The van der Waals surface area contributed by atoms with Crippen molar-refractivity contribution in [3.05, 3.63) is 100 Å². The first-order valence-corrected chi connectivity index (χ1v) is 7.95. The Morgan fingerprint density at radius 3 is 2.12 bits per heavy atom. The molecule has 3 rings (SSSR count). The summed E-state index contributed by atoms with van der Waals surface area (Å²) < 4.78 is 5.20. The third-order valence-electron chi connectivity index (χ3n) is 3.79. The highest BCUT2D eigenvalue weighted by atomic mass is 16.6. The molecule has 0 heterocycles. The first kappa shape index (κ1) is 17.2. The standard InChI is InChI=1S/C20H17N3O3/c1-26-19-13-7-16(8-14-19)20(15-5-3-2-4-6-15)22-21-17-9-11-18(12-10-17)23(24)25/h2-14,21H,1H3/b22-20+. The van der Waals surface area contributed by atoms with E-state index < -0.39 is 4.92 Å². The average Bonchev–Trinajstić information content (AvgIpc) is 2.70. The van der Waals surface area contributed by atoms with E-state index >= 15 is 0 Å². The molecule has 0 atom stereocenters. The number of nitro groups is 1. The Balaban J connectivity index is 1.92. The summed E-state index contributed by atoms with van der Waals surface area (Å²) in [4.78, 5) is 10.3. The van der Waals surface area contributed by atoms with Crippen LogP contribution in [0.1, 0.15) is 11.1 Å². The second kappa shape index (κ2) is 7.94. The van der Waals surface area contributed by atoms with Crippen LogP contribution in [0.3, 0.4) is 0 Å². The number of nitrogens with zero attached hydrogens (tertiary/aromatic N) is 2. The van der Waals surface area contributed by atoms with E-state index in [1.165, 1.54) is 12.1 Å². The normalized spacial score (nSPS) is 11.0. The number of ether oxygens (including phenoxy) is 1. The molecule has 0 fully saturated rings. The number of rotatable bonds is 6. The van der Waals surface area contributed by atoms with Gasteiger partial charge in [0.1, 0.15) is 5.75 Å². The maximum absolute atomic E-state index is 10.7. The van der Waals surface area contributed by atoms with Gasteiger partial charge in [-0.2, -0.15) is 5.10 Å². The Morgan fingerprint density at radius 1 is 0.923 bits per heavy atom. The third kappa shape index (κ3) is 4.05. The molecule has 0 saturated heterocycles. The van der Waals surface area contributed by atoms with Crippen LogP contribution in [0, 0.1) is 10.1 Å². The molecule has 6 nitrogen and oxygen atoms in total. The molecular formula is C20H17N3O3. The lowest BCUT2D eigenvalue weighted by Crippen LogP contribution is -2.06. The summed E-state index contributed by atoms with van der Waals surface area (Å²) in [6, 6.07) is 23.5. The highest BCUT2D eigenvalue weighted by Gasteiger charge is 2.08. The van der Waals surface area contributed by atoms with Crippen LogP contribution >= 0.6 is 0 Å². The molecule has 0 bridgehead atoms. The molecular weight excluding hydrogens is 330 g/mol. The summed E-state index contributed by atoms with van der Waals surface area (Å²) >= 11 is 0. The molecule has 3 aromatic rings. The van der Waals surface area contributed by atoms with Gasteiger partial charge in [-0.1, -0.05) is 30.3 Å². The quantitative estimate of drug-likeness (QED) is 0.405. The summed E-state index contributed by atoms with van der Waals surface area (Å²) in [7, 11) is 1.62. The van der Waals surface area contributed by atoms with Gasteiger partial charge in [0.15, 0.2) is 0 Å². The van der Waals surface area contributed by atoms with E-state index in [2.05, 4.69) is 10.5 Å². The largest absolute Gasteiger partial charge is 0.497 e. The average molecular weight is 347 g/mol. The fraction of sp³-hybridized carbons (Fsp3) is 0.0500. The molecule has 0 spiro atoms. The van der Waals surface area contributed by atoms with Crippen molar-refractivity contribution in [3.8, 4) is 5.75 Å². The summed E-state index contributed by atoms with van der Waals surface area (Å²) in [5.74, 6) is 0.768. The molecule has 0 aliphatic rings. The first-order chi connectivity index (χ1) is 12.7.